The number of nitrogens with one attached hydrogen (secondary N) is 1. The van der Waals surface area contributed by atoms with E-state index in [2.05, 4.69) is 42.6 Å². The summed E-state index contributed by atoms with van der Waals surface area (Å²) < 4.78 is 6.22. The van der Waals surface area contributed by atoms with E-state index in [4.69, 9.17) is 16.3 Å². The van der Waals surface area contributed by atoms with Crippen molar-refractivity contribution in [1.82, 2.24) is 5.32 Å². The zero-order valence-electron chi connectivity index (χ0n) is 16.7. The van der Waals surface area contributed by atoms with Gasteiger partial charge in [0.2, 0.25) is 0 Å². The molecule has 1 N–H and O–H groups in total. The maximum Gasteiger partial charge on any atom is 0.124 e. The van der Waals surface area contributed by atoms with Gasteiger partial charge in [0.1, 0.15) is 12.4 Å². The monoisotopic (exact) mass is 395 g/mol. The molecule has 0 saturated heterocycles. The lowest BCUT2D eigenvalue weighted by atomic mass is 9.54. The standard InChI is InChI=1S/C25H30ClNO/c1-16-4-2-3-5-19(16)15-28-24-7-6-23(26)13-22(24)14-27-25-20-9-17-8-18(11-20)12-21(25)10-17/h2-7,13,17-18,20-21,25,27H,8-12,14-15H2,1H3. The fraction of sp³-hybridized carbons (Fsp3) is 0.520. The largest absolute Gasteiger partial charge is 0.489 e. The van der Waals surface area contributed by atoms with Gasteiger partial charge in [-0.05, 0) is 92.0 Å². The normalized spacial score (nSPS) is 30.6. The lowest BCUT2D eigenvalue weighted by Crippen LogP contribution is -2.54. The van der Waals surface area contributed by atoms with E-state index in [0.29, 0.717) is 12.6 Å². The summed E-state index contributed by atoms with van der Waals surface area (Å²) in [6, 6.07) is 15.1. The van der Waals surface area contributed by atoms with Gasteiger partial charge in [-0.15, -0.1) is 0 Å². The summed E-state index contributed by atoms with van der Waals surface area (Å²) >= 11 is 6.32. The Hall–Kier alpha value is -1.51. The van der Waals surface area contributed by atoms with Crippen molar-refractivity contribution in [2.45, 2.75) is 58.2 Å². The number of ether oxygens (including phenoxy) is 1. The smallest absolute Gasteiger partial charge is 0.124 e. The van der Waals surface area contributed by atoms with E-state index in [9.17, 15) is 0 Å². The molecular weight excluding hydrogens is 366 g/mol. The molecule has 0 radical (unpaired) electrons. The highest BCUT2D eigenvalue weighted by atomic mass is 35.5. The molecule has 2 aromatic carbocycles. The van der Waals surface area contributed by atoms with Gasteiger partial charge < -0.3 is 10.1 Å². The molecule has 0 unspecified atom stereocenters. The highest BCUT2D eigenvalue weighted by Gasteiger charge is 2.47. The van der Waals surface area contributed by atoms with Crippen molar-refractivity contribution in [3.05, 3.63) is 64.2 Å². The van der Waals surface area contributed by atoms with E-state index in [-0.39, 0.29) is 0 Å². The van der Waals surface area contributed by atoms with Crippen molar-refractivity contribution in [2.24, 2.45) is 23.7 Å². The van der Waals surface area contributed by atoms with Crippen molar-refractivity contribution in [2.75, 3.05) is 0 Å². The average Bonchev–Trinajstić information content (AvgIpc) is 2.67. The molecule has 0 spiro atoms. The number of rotatable bonds is 6. The predicted octanol–water partition coefficient (Wildman–Crippen LogP) is 6.14. The molecule has 2 nitrogen and oxygen atoms in total. The Labute approximate surface area is 173 Å². The lowest BCUT2D eigenvalue weighted by Gasteiger charge is -2.54. The molecule has 0 heterocycles. The summed E-state index contributed by atoms with van der Waals surface area (Å²) in [5.41, 5.74) is 3.68. The topological polar surface area (TPSA) is 21.3 Å². The molecule has 3 heteroatoms. The second-order valence-electron chi connectivity index (χ2n) is 9.30. The van der Waals surface area contributed by atoms with Crippen molar-refractivity contribution < 1.29 is 4.74 Å². The Bertz CT molecular complexity index is 820. The van der Waals surface area contributed by atoms with Gasteiger partial charge in [0.25, 0.3) is 0 Å². The fourth-order valence-electron chi connectivity index (χ4n) is 6.24. The Morgan fingerprint density at radius 1 is 0.929 bits per heavy atom. The molecule has 0 atom stereocenters. The van der Waals surface area contributed by atoms with Crippen molar-refractivity contribution in [1.29, 1.82) is 0 Å². The van der Waals surface area contributed by atoms with E-state index in [1.54, 1.807) is 0 Å². The van der Waals surface area contributed by atoms with Crippen LogP contribution in [0.5, 0.6) is 5.75 Å². The molecule has 0 aromatic heterocycles. The van der Waals surface area contributed by atoms with Gasteiger partial charge in [0.15, 0.2) is 0 Å². The van der Waals surface area contributed by atoms with Crippen molar-refractivity contribution in [3.8, 4) is 5.75 Å². The van der Waals surface area contributed by atoms with Gasteiger partial charge >= 0.3 is 0 Å². The molecule has 0 aliphatic heterocycles. The SMILES string of the molecule is Cc1ccccc1COc1ccc(Cl)cc1CNC1C2CC3CC(C2)CC1C3. The molecule has 4 aliphatic rings. The van der Waals surface area contributed by atoms with Gasteiger partial charge in [-0.1, -0.05) is 35.9 Å². The van der Waals surface area contributed by atoms with Crippen LogP contribution in [0.4, 0.5) is 0 Å². The molecule has 4 bridgehead atoms. The van der Waals surface area contributed by atoms with E-state index in [0.717, 1.165) is 41.0 Å². The van der Waals surface area contributed by atoms with Gasteiger partial charge in [-0.2, -0.15) is 0 Å². The van der Waals surface area contributed by atoms with E-state index < -0.39 is 0 Å². The first kappa shape index (κ1) is 18.5. The molecule has 6 rings (SSSR count). The van der Waals surface area contributed by atoms with Gasteiger partial charge in [-0.25, -0.2) is 0 Å². The highest BCUT2D eigenvalue weighted by molar-refractivity contribution is 6.30. The third kappa shape index (κ3) is 3.69. The number of aryl methyl sites for hydroxylation is 1. The number of halogens is 1. The molecule has 4 aliphatic carbocycles. The minimum atomic E-state index is 0.597. The van der Waals surface area contributed by atoms with Crippen LogP contribution in [0, 0.1) is 30.6 Å². The third-order valence-electron chi connectivity index (χ3n) is 7.42. The van der Waals surface area contributed by atoms with E-state index in [1.807, 2.05) is 12.1 Å². The Morgan fingerprint density at radius 3 is 2.36 bits per heavy atom. The van der Waals surface area contributed by atoms with E-state index >= 15 is 0 Å². The zero-order valence-corrected chi connectivity index (χ0v) is 17.4. The Kier molecular flexibility index (Phi) is 5.11. The highest BCUT2D eigenvalue weighted by Crippen LogP contribution is 2.53. The Balaban J connectivity index is 1.27. The summed E-state index contributed by atoms with van der Waals surface area (Å²) in [5.74, 6) is 4.74. The first-order valence-electron chi connectivity index (χ1n) is 10.8. The molecular formula is C25H30ClNO. The van der Waals surface area contributed by atoms with Crippen LogP contribution in [-0.4, -0.2) is 6.04 Å². The van der Waals surface area contributed by atoms with Crippen molar-refractivity contribution >= 4 is 11.6 Å². The maximum atomic E-state index is 6.32. The van der Waals surface area contributed by atoms with E-state index in [1.165, 1.54) is 48.8 Å². The third-order valence-corrected chi connectivity index (χ3v) is 7.66. The molecule has 4 fully saturated rings. The van der Waals surface area contributed by atoms with Crippen LogP contribution in [0.2, 0.25) is 5.02 Å². The second kappa shape index (κ2) is 7.72. The minimum Gasteiger partial charge on any atom is -0.489 e. The van der Waals surface area contributed by atoms with Crippen LogP contribution in [0.1, 0.15) is 48.8 Å². The summed E-state index contributed by atoms with van der Waals surface area (Å²) in [4.78, 5) is 0. The first-order chi connectivity index (χ1) is 13.7. The zero-order chi connectivity index (χ0) is 19.1. The van der Waals surface area contributed by atoms with Crippen molar-refractivity contribution in [3.63, 3.8) is 0 Å². The van der Waals surface area contributed by atoms with Crippen LogP contribution in [0.3, 0.4) is 0 Å². The average molecular weight is 396 g/mol. The molecule has 4 saturated carbocycles. The quantitative estimate of drug-likeness (QED) is 0.634. The number of hydrogen-bond acceptors (Lipinski definition) is 2. The Morgan fingerprint density at radius 2 is 1.64 bits per heavy atom. The molecule has 0 amide bonds. The van der Waals surface area contributed by atoms with Crippen LogP contribution < -0.4 is 10.1 Å². The second-order valence-corrected chi connectivity index (χ2v) is 9.74. The fourth-order valence-corrected chi connectivity index (χ4v) is 6.44. The van der Waals surface area contributed by atoms with Crippen LogP contribution in [0.25, 0.3) is 0 Å². The molecule has 28 heavy (non-hydrogen) atoms. The maximum absolute atomic E-state index is 6.32. The minimum absolute atomic E-state index is 0.597. The molecule has 148 valence electrons. The summed E-state index contributed by atoms with van der Waals surface area (Å²) in [6.45, 7) is 3.57. The van der Waals surface area contributed by atoms with Crippen LogP contribution in [-0.2, 0) is 13.2 Å². The summed E-state index contributed by atoms with van der Waals surface area (Å²) in [7, 11) is 0. The lowest BCUT2D eigenvalue weighted by molar-refractivity contribution is -0.0143. The number of hydrogen-bond donors (Lipinski definition) is 1. The van der Waals surface area contributed by atoms with Gasteiger partial charge in [-0.3, -0.25) is 0 Å². The first-order valence-corrected chi connectivity index (χ1v) is 11.2. The summed E-state index contributed by atoms with van der Waals surface area (Å²) in [6.07, 6.45) is 7.27. The van der Waals surface area contributed by atoms with Crippen LogP contribution in [0.15, 0.2) is 42.5 Å². The van der Waals surface area contributed by atoms with Gasteiger partial charge in [0, 0.05) is 23.2 Å². The summed E-state index contributed by atoms with van der Waals surface area (Å²) in [5, 5.41) is 4.70. The van der Waals surface area contributed by atoms with Gasteiger partial charge in [0.05, 0.1) is 0 Å². The number of benzene rings is 2. The predicted molar refractivity (Wildman–Crippen MR) is 115 cm³/mol. The molecule has 2 aromatic rings. The van der Waals surface area contributed by atoms with Crippen LogP contribution >= 0.6 is 11.6 Å².